The number of hydrogen-bond acceptors (Lipinski definition) is 6. The molecule has 4 aromatic rings. The number of hydrogen-bond donors (Lipinski definition) is 1. The average Bonchev–Trinajstić information content (AvgIpc) is 3.38. The van der Waals surface area contributed by atoms with Gasteiger partial charge in [0, 0.05) is 17.4 Å². The number of H-pyrrole nitrogens is 1. The first kappa shape index (κ1) is 19.1. The largest absolute Gasteiger partial charge is 0.244 e. The quantitative estimate of drug-likeness (QED) is 0.510. The van der Waals surface area contributed by atoms with Crippen LogP contribution in [0.1, 0.15) is 38.0 Å². The molecule has 1 N–H and O–H groups in total. The van der Waals surface area contributed by atoms with Crippen LogP contribution in [0, 0.1) is 0 Å². The zero-order chi connectivity index (χ0) is 20.4. The smallest absolute Gasteiger partial charge is 0.205 e. The van der Waals surface area contributed by atoms with Crippen LogP contribution in [0.2, 0.25) is 0 Å². The summed E-state index contributed by atoms with van der Waals surface area (Å²) in [6.07, 6.45) is 0.681. The molecule has 4 rings (SSSR count). The van der Waals surface area contributed by atoms with Crippen LogP contribution >= 0.6 is 12.2 Å². The van der Waals surface area contributed by atoms with E-state index in [2.05, 4.69) is 81.8 Å². The van der Waals surface area contributed by atoms with Gasteiger partial charge in [-0.25, -0.2) is 9.67 Å². The van der Waals surface area contributed by atoms with Crippen LogP contribution in [0.5, 0.6) is 0 Å². The molecule has 0 aliphatic rings. The predicted molar refractivity (Wildman–Crippen MR) is 116 cm³/mol. The van der Waals surface area contributed by atoms with E-state index in [1.807, 2.05) is 22.9 Å². The van der Waals surface area contributed by atoms with E-state index < -0.39 is 0 Å². The number of nitrogens with one attached hydrogen (secondary N) is 1. The van der Waals surface area contributed by atoms with E-state index in [0.29, 0.717) is 18.1 Å². The Kier molecular flexibility index (Phi) is 5.02. The van der Waals surface area contributed by atoms with Crippen molar-refractivity contribution >= 4 is 17.6 Å². The van der Waals surface area contributed by atoms with Gasteiger partial charge in [-0.3, -0.25) is 0 Å². The Hall–Kier alpha value is -3.26. The molecular weight excluding hydrogens is 382 g/mol. The fraction of sp³-hybridized carbons (Fsp3) is 0.238. The fourth-order valence-corrected chi connectivity index (χ4v) is 3.35. The van der Waals surface area contributed by atoms with Gasteiger partial charge in [-0.2, -0.15) is 5.21 Å². The molecule has 0 aliphatic carbocycles. The molecule has 0 saturated heterocycles. The molecule has 0 bridgehead atoms. The minimum atomic E-state index is -0.164. The van der Waals surface area contributed by atoms with Crippen molar-refractivity contribution in [3.8, 4) is 22.5 Å². The summed E-state index contributed by atoms with van der Waals surface area (Å²) < 4.78 is 1.95. The monoisotopic (exact) mass is 403 g/mol. The van der Waals surface area contributed by atoms with Crippen LogP contribution in [0.15, 0.2) is 48.5 Å². The highest BCUT2D eigenvalue weighted by Gasteiger charge is 2.20. The van der Waals surface area contributed by atoms with Gasteiger partial charge in [-0.15, -0.1) is 15.3 Å². The second-order valence-corrected chi connectivity index (χ2v) is 7.98. The fourth-order valence-electron chi connectivity index (χ4n) is 3.25. The summed E-state index contributed by atoms with van der Waals surface area (Å²) in [5.41, 5.74) is 4.07. The first-order chi connectivity index (χ1) is 14.0. The number of tetrazole rings is 1. The zero-order valence-corrected chi connectivity index (χ0v) is 17.3. The van der Waals surface area contributed by atoms with Gasteiger partial charge in [0.25, 0.3) is 0 Å². The summed E-state index contributed by atoms with van der Waals surface area (Å²) in [7, 11) is 0. The number of rotatable bonds is 5. The lowest BCUT2D eigenvalue weighted by Gasteiger charge is -2.21. The first-order valence-corrected chi connectivity index (χ1v) is 9.76. The summed E-state index contributed by atoms with van der Waals surface area (Å²) in [6.45, 7) is 6.32. The minimum absolute atomic E-state index is 0.164. The van der Waals surface area contributed by atoms with E-state index in [0.717, 1.165) is 28.1 Å². The standard InChI is InChI=1S/C21H21N7S/c1-21(2,3)28-19(22-18(13-29)25-28)12-14-8-10-15(11-9-14)16-6-4-5-7-17(16)20-23-26-27-24-20/h4-11,13H,12H2,1-3H3,(H,23,24,26,27). The van der Waals surface area contributed by atoms with Crippen molar-refractivity contribution in [1.82, 2.24) is 35.4 Å². The molecule has 0 fully saturated rings. The second kappa shape index (κ2) is 7.63. The zero-order valence-electron chi connectivity index (χ0n) is 16.5. The number of aromatic amines is 1. The number of benzene rings is 2. The predicted octanol–water partition coefficient (Wildman–Crippen LogP) is 3.82. The molecule has 7 nitrogen and oxygen atoms in total. The third-order valence-corrected chi connectivity index (χ3v) is 4.78. The van der Waals surface area contributed by atoms with Crippen LogP contribution < -0.4 is 0 Å². The van der Waals surface area contributed by atoms with Crippen LogP contribution in [-0.4, -0.2) is 40.8 Å². The molecule has 2 aromatic heterocycles. The van der Waals surface area contributed by atoms with Crippen LogP contribution in [0.4, 0.5) is 0 Å². The van der Waals surface area contributed by atoms with Crippen LogP contribution in [0.3, 0.4) is 0 Å². The minimum Gasteiger partial charge on any atom is -0.244 e. The van der Waals surface area contributed by atoms with Gasteiger partial charge in [0.15, 0.2) is 5.82 Å². The molecule has 146 valence electrons. The van der Waals surface area contributed by atoms with Crippen LogP contribution in [0.25, 0.3) is 22.5 Å². The van der Waals surface area contributed by atoms with Gasteiger partial charge in [0.1, 0.15) is 5.82 Å². The molecule has 2 aromatic carbocycles. The normalized spacial score (nSPS) is 11.6. The lowest BCUT2D eigenvalue weighted by Crippen LogP contribution is -2.25. The second-order valence-electron chi connectivity index (χ2n) is 7.74. The van der Waals surface area contributed by atoms with Crippen molar-refractivity contribution in [3.05, 3.63) is 65.7 Å². The third-order valence-electron chi connectivity index (χ3n) is 4.57. The third kappa shape index (κ3) is 3.97. The summed E-state index contributed by atoms with van der Waals surface area (Å²) >= 11 is 5.02. The Balaban J connectivity index is 1.64. The highest BCUT2D eigenvalue weighted by molar-refractivity contribution is 7.79. The molecule has 0 amide bonds. The summed E-state index contributed by atoms with van der Waals surface area (Å²) in [4.78, 5) is 4.58. The first-order valence-electron chi connectivity index (χ1n) is 9.29. The molecule has 8 heteroatoms. The molecular formula is C21H21N7S. The van der Waals surface area contributed by atoms with E-state index in [1.54, 1.807) is 0 Å². The maximum Gasteiger partial charge on any atom is 0.205 e. The van der Waals surface area contributed by atoms with Crippen molar-refractivity contribution < 1.29 is 0 Å². The van der Waals surface area contributed by atoms with Gasteiger partial charge < -0.3 is 0 Å². The Bertz CT molecular complexity index is 1120. The van der Waals surface area contributed by atoms with Crippen molar-refractivity contribution in [3.63, 3.8) is 0 Å². The number of nitrogens with zero attached hydrogens (tertiary/aromatic N) is 6. The SMILES string of the molecule is CC(C)(C)n1nc(C=S)nc1Cc1ccc(-c2ccccc2-c2nn[nH]n2)cc1. The van der Waals surface area contributed by atoms with Gasteiger partial charge in [-0.1, -0.05) is 60.7 Å². The number of aromatic nitrogens is 7. The lowest BCUT2D eigenvalue weighted by molar-refractivity contribution is 0.343. The van der Waals surface area contributed by atoms with Crippen LogP contribution in [-0.2, 0) is 12.0 Å². The number of thiocarbonyl (C=S) groups is 1. The highest BCUT2D eigenvalue weighted by Crippen LogP contribution is 2.30. The van der Waals surface area contributed by atoms with Gasteiger partial charge in [0.05, 0.1) is 5.54 Å². The molecule has 0 aliphatic heterocycles. The Morgan fingerprint density at radius 3 is 2.38 bits per heavy atom. The Morgan fingerprint density at radius 1 is 1.03 bits per heavy atom. The van der Waals surface area contributed by atoms with Gasteiger partial charge >= 0.3 is 0 Å². The molecule has 29 heavy (non-hydrogen) atoms. The molecule has 0 unspecified atom stereocenters. The Labute approximate surface area is 174 Å². The molecule has 0 atom stereocenters. The summed E-state index contributed by atoms with van der Waals surface area (Å²) in [5, 5.41) is 20.4. The molecule has 2 heterocycles. The van der Waals surface area contributed by atoms with Crippen molar-refractivity contribution in [1.29, 1.82) is 0 Å². The van der Waals surface area contributed by atoms with E-state index in [1.165, 1.54) is 5.37 Å². The topological polar surface area (TPSA) is 85.2 Å². The van der Waals surface area contributed by atoms with Gasteiger partial charge in [-0.05, 0) is 42.7 Å². The Morgan fingerprint density at radius 2 is 1.76 bits per heavy atom. The summed E-state index contributed by atoms with van der Waals surface area (Å²) in [6, 6.07) is 16.5. The highest BCUT2D eigenvalue weighted by atomic mass is 32.1. The van der Waals surface area contributed by atoms with Crippen molar-refractivity contribution in [2.75, 3.05) is 0 Å². The lowest BCUT2D eigenvalue weighted by atomic mass is 9.97. The summed E-state index contributed by atoms with van der Waals surface area (Å²) in [5.74, 6) is 2.06. The van der Waals surface area contributed by atoms with E-state index in [4.69, 9.17) is 12.2 Å². The average molecular weight is 404 g/mol. The molecule has 0 spiro atoms. The maximum absolute atomic E-state index is 5.02. The molecule has 0 saturated carbocycles. The van der Waals surface area contributed by atoms with Crippen molar-refractivity contribution in [2.24, 2.45) is 0 Å². The van der Waals surface area contributed by atoms with Crippen molar-refractivity contribution in [2.45, 2.75) is 32.7 Å². The van der Waals surface area contributed by atoms with E-state index in [9.17, 15) is 0 Å². The maximum atomic E-state index is 5.02. The van der Waals surface area contributed by atoms with Gasteiger partial charge in [0.2, 0.25) is 5.82 Å². The molecule has 0 radical (unpaired) electrons. The van der Waals surface area contributed by atoms with E-state index >= 15 is 0 Å². The van der Waals surface area contributed by atoms with E-state index in [-0.39, 0.29) is 5.54 Å².